The van der Waals surface area contributed by atoms with Crippen LogP contribution in [-0.4, -0.2) is 18.5 Å². The molecule has 16 heavy (non-hydrogen) atoms. The van der Waals surface area contributed by atoms with Gasteiger partial charge in [-0.2, -0.15) is 0 Å². The van der Waals surface area contributed by atoms with Crippen molar-refractivity contribution in [1.82, 2.24) is 0 Å². The molecule has 2 heteroatoms. The molecule has 0 spiro atoms. The largest absolute Gasteiger partial charge is 0.381 e. The van der Waals surface area contributed by atoms with E-state index in [1.165, 1.54) is 37.4 Å². The highest BCUT2D eigenvalue weighted by molar-refractivity contribution is 9.09. The van der Waals surface area contributed by atoms with Crippen molar-refractivity contribution in [2.24, 2.45) is 23.2 Å². The van der Waals surface area contributed by atoms with Crippen LogP contribution in [0.15, 0.2) is 0 Å². The molecule has 0 aromatic heterocycles. The summed E-state index contributed by atoms with van der Waals surface area (Å²) in [5.41, 5.74) is 0.583. The summed E-state index contributed by atoms with van der Waals surface area (Å²) in [6.07, 6.45) is 7.18. The first-order chi connectivity index (χ1) is 7.66. The number of alkyl halides is 1. The Morgan fingerprint density at radius 2 is 2.19 bits per heavy atom. The molecule has 2 aliphatic rings. The summed E-state index contributed by atoms with van der Waals surface area (Å²) >= 11 is 3.76. The van der Waals surface area contributed by atoms with E-state index in [9.17, 15) is 0 Å². The van der Waals surface area contributed by atoms with E-state index in [2.05, 4.69) is 29.8 Å². The Kier molecular flexibility index (Phi) is 4.34. The molecule has 2 bridgehead atoms. The fourth-order valence-electron chi connectivity index (χ4n) is 3.69. The monoisotopic (exact) mass is 288 g/mol. The number of ether oxygens (including phenoxy) is 1. The van der Waals surface area contributed by atoms with Gasteiger partial charge in [-0.05, 0) is 48.9 Å². The molecule has 94 valence electrons. The molecule has 2 rings (SSSR count). The summed E-state index contributed by atoms with van der Waals surface area (Å²) in [6, 6.07) is 0. The maximum Gasteiger partial charge on any atom is 0.0488 e. The fourth-order valence-corrected chi connectivity index (χ4v) is 4.66. The molecule has 0 heterocycles. The second-order valence-electron chi connectivity index (χ2n) is 6.29. The van der Waals surface area contributed by atoms with Gasteiger partial charge in [0.15, 0.2) is 0 Å². The molecular weight excluding hydrogens is 264 g/mol. The Balaban J connectivity index is 1.77. The van der Waals surface area contributed by atoms with Crippen LogP contribution in [0, 0.1) is 23.2 Å². The Morgan fingerprint density at radius 1 is 1.38 bits per heavy atom. The van der Waals surface area contributed by atoms with Crippen molar-refractivity contribution < 1.29 is 4.74 Å². The molecule has 2 fully saturated rings. The Labute approximate surface area is 108 Å². The molecule has 3 atom stereocenters. The second-order valence-corrected chi connectivity index (χ2v) is 6.86. The Hall–Kier alpha value is 0.440. The lowest BCUT2D eigenvalue weighted by Gasteiger charge is -2.36. The number of fused-ring (bicyclic) bond motifs is 2. The van der Waals surface area contributed by atoms with Crippen molar-refractivity contribution in [2.45, 2.75) is 46.0 Å². The van der Waals surface area contributed by atoms with Gasteiger partial charge in [-0.15, -0.1) is 0 Å². The zero-order valence-electron chi connectivity index (χ0n) is 10.7. The average molecular weight is 289 g/mol. The summed E-state index contributed by atoms with van der Waals surface area (Å²) in [5, 5.41) is 1.19. The van der Waals surface area contributed by atoms with Gasteiger partial charge in [0.2, 0.25) is 0 Å². The summed E-state index contributed by atoms with van der Waals surface area (Å²) < 4.78 is 5.77. The molecule has 0 N–H and O–H groups in total. The van der Waals surface area contributed by atoms with Crippen LogP contribution in [0.2, 0.25) is 0 Å². The minimum atomic E-state index is 0.583. The molecule has 0 aromatic carbocycles. The topological polar surface area (TPSA) is 9.23 Å². The van der Waals surface area contributed by atoms with Gasteiger partial charge in [-0.25, -0.2) is 0 Å². The van der Waals surface area contributed by atoms with Gasteiger partial charge in [0.1, 0.15) is 0 Å². The standard InChI is InChI=1S/C14H25BrO/c1-11(2)9-16-6-5-14(10-15)8-12-3-4-13(14)7-12/h11-13H,3-10H2,1-2H3. The Bertz CT molecular complexity index is 229. The first-order valence-corrected chi connectivity index (χ1v) is 7.92. The molecule has 0 radical (unpaired) electrons. The third kappa shape index (κ3) is 2.64. The van der Waals surface area contributed by atoms with Crippen LogP contribution in [0.1, 0.15) is 46.0 Å². The van der Waals surface area contributed by atoms with Crippen molar-refractivity contribution in [3.63, 3.8) is 0 Å². The van der Waals surface area contributed by atoms with Gasteiger partial charge in [0.05, 0.1) is 0 Å². The van der Waals surface area contributed by atoms with Gasteiger partial charge < -0.3 is 4.74 Å². The quantitative estimate of drug-likeness (QED) is 0.524. The lowest BCUT2D eigenvalue weighted by Crippen LogP contribution is -2.31. The number of halogens is 1. The highest BCUT2D eigenvalue weighted by Crippen LogP contribution is 2.58. The third-order valence-electron chi connectivity index (χ3n) is 4.56. The maximum absolute atomic E-state index is 5.77. The van der Waals surface area contributed by atoms with E-state index < -0.39 is 0 Å². The average Bonchev–Trinajstić information content (AvgIpc) is 2.84. The summed E-state index contributed by atoms with van der Waals surface area (Å²) in [6.45, 7) is 6.33. The summed E-state index contributed by atoms with van der Waals surface area (Å²) in [5.74, 6) is 2.69. The number of hydrogen-bond acceptors (Lipinski definition) is 1. The first kappa shape index (κ1) is 12.9. The molecular formula is C14H25BrO. The molecule has 1 nitrogen and oxygen atoms in total. The van der Waals surface area contributed by atoms with E-state index in [1.807, 2.05) is 0 Å². The third-order valence-corrected chi connectivity index (χ3v) is 5.68. The number of hydrogen-bond donors (Lipinski definition) is 0. The van der Waals surface area contributed by atoms with Crippen molar-refractivity contribution in [1.29, 1.82) is 0 Å². The van der Waals surface area contributed by atoms with Crippen molar-refractivity contribution >= 4 is 15.9 Å². The molecule has 0 amide bonds. The van der Waals surface area contributed by atoms with E-state index in [1.54, 1.807) is 0 Å². The molecule has 0 saturated heterocycles. The smallest absolute Gasteiger partial charge is 0.0488 e. The van der Waals surface area contributed by atoms with Crippen molar-refractivity contribution in [2.75, 3.05) is 18.5 Å². The minimum absolute atomic E-state index is 0.583. The van der Waals surface area contributed by atoms with Crippen LogP contribution in [0.3, 0.4) is 0 Å². The first-order valence-electron chi connectivity index (χ1n) is 6.80. The van der Waals surface area contributed by atoms with Crippen LogP contribution in [0.5, 0.6) is 0 Å². The highest BCUT2D eigenvalue weighted by Gasteiger charge is 2.49. The van der Waals surface area contributed by atoms with Gasteiger partial charge in [-0.3, -0.25) is 0 Å². The van der Waals surface area contributed by atoms with E-state index in [-0.39, 0.29) is 0 Å². The van der Waals surface area contributed by atoms with Gasteiger partial charge >= 0.3 is 0 Å². The SMILES string of the molecule is CC(C)COCCC1(CBr)CC2CCC1C2. The lowest BCUT2D eigenvalue weighted by molar-refractivity contribution is 0.0634. The molecule has 0 aliphatic heterocycles. The zero-order valence-corrected chi connectivity index (χ0v) is 12.3. The Morgan fingerprint density at radius 3 is 2.69 bits per heavy atom. The molecule has 2 aliphatic carbocycles. The zero-order chi connectivity index (χ0) is 11.6. The fraction of sp³-hybridized carbons (Fsp3) is 1.00. The van der Waals surface area contributed by atoms with Gasteiger partial charge in [0.25, 0.3) is 0 Å². The maximum atomic E-state index is 5.77. The molecule has 0 aromatic rings. The van der Waals surface area contributed by atoms with E-state index in [0.717, 1.165) is 25.0 Å². The highest BCUT2D eigenvalue weighted by atomic mass is 79.9. The van der Waals surface area contributed by atoms with E-state index in [4.69, 9.17) is 4.74 Å². The van der Waals surface area contributed by atoms with Crippen molar-refractivity contribution in [3.05, 3.63) is 0 Å². The van der Waals surface area contributed by atoms with Crippen LogP contribution in [-0.2, 0) is 4.74 Å². The van der Waals surface area contributed by atoms with Gasteiger partial charge in [0, 0.05) is 18.5 Å². The van der Waals surface area contributed by atoms with Crippen LogP contribution < -0.4 is 0 Å². The van der Waals surface area contributed by atoms with E-state index in [0.29, 0.717) is 11.3 Å². The minimum Gasteiger partial charge on any atom is -0.381 e. The predicted molar refractivity (Wildman–Crippen MR) is 71.9 cm³/mol. The van der Waals surface area contributed by atoms with E-state index >= 15 is 0 Å². The summed E-state index contributed by atoms with van der Waals surface area (Å²) in [4.78, 5) is 0. The molecule has 3 unspecified atom stereocenters. The second kappa shape index (κ2) is 5.39. The van der Waals surface area contributed by atoms with Gasteiger partial charge in [-0.1, -0.05) is 36.2 Å². The number of rotatable bonds is 6. The summed E-state index contributed by atoms with van der Waals surface area (Å²) in [7, 11) is 0. The predicted octanol–water partition coefficient (Wildman–Crippen LogP) is 4.25. The lowest BCUT2D eigenvalue weighted by atomic mass is 9.72. The molecule has 2 saturated carbocycles. The van der Waals surface area contributed by atoms with Crippen LogP contribution in [0.4, 0.5) is 0 Å². The van der Waals surface area contributed by atoms with Crippen LogP contribution in [0.25, 0.3) is 0 Å². The normalized spacial score (nSPS) is 37.5. The van der Waals surface area contributed by atoms with Crippen molar-refractivity contribution in [3.8, 4) is 0 Å². The van der Waals surface area contributed by atoms with Crippen LogP contribution >= 0.6 is 15.9 Å².